The highest BCUT2D eigenvalue weighted by molar-refractivity contribution is 5.80. The van der Waals surface area contributed by atoms with E-state index in [1.54, 1.807) is 13.0 Å². The van der Waals surface area contributed by atoms with Crippen molar-refractivity contribution >= 4 is 5.97 Å². The first-order valence-corrected chi connectivity index (χ1v) is 3.65. The number of rotatable bonds is 2. The lowest BCUT2D eigenvalue weighted by atomic mass is 10.1. The van der Waals surface area contributed by atoms with Crippen LogP contribution in [-0.2, 0) is 14.3 Å². The maximum atomic E-state index is 11.0. The predicted octanol–water partition coefficient (Wildman–Crippen LogP) is 1.24. The van der Waals surface area contributed by atoms with E-state index in [1.807, 2.05) is 6.92 Å². The SMILES string of the molecule is CC=COC1(C)CCOC1=O. The molecule has 0 aromatic rings. The van der Waals surface area contributed by atoms with Crippen LogP contribution in [0.5, 0.6) is 0 Å². The number of cyclic esters (lactones) is 1. The molecule has 1 heterocycles. The maximum Gasteiger partial charge on any atom is 0.350 e. The summed E-state index contributed by atoms with van der Waals surface area (Å²) >= 11 is 0. The number of carbonyl (C=O) groups is 1. The van der Waals surface area contributed by atoms with Crippen molar-refractivity contribution in [2.45, 2.75) is 25.9 Å². The molecule has 0 N–H and O–H groups in total. The Balaban J connectivity index is 2.58. The lowest BCUT2D eigenvalue weighted by molar-refractivity contribution is -0.152. The fourth-order valence-corrected chi connectivity index (χ4v) is 0.918. The Kier molecular flexibility index (Phi) is 2.17. The van der Waals surface area contributed by atoms with Gasteiger partial charge in [-0.3, -0.25) is 0 Å². The van der Waals surface area contributed by atoms with E-state index in [-0.39, 0.29) is 5.97 Å². The molecule has 0 saturated carbocycles. The zero-order valence-electron chi connectivity index (χ0n) is 6.79. The monoisotopic (exact) mass is 156 g/mol. The molecule has 0 amide bonds. The van der Waals surface area contributed by atoms with E-state index in [1.165, 1.54) is 6.26 Å². The Morgan fingerprint density at radius 2 is 2.45 bits per heavy atom. The van der Waals surface area contributed by atoms with Gasteiger partial charge in [-0.1, -0.05) is 6.08 Å². The van der Waals surface area contributed by atoms with Crippen LogP contribution in [0.1, 0.15) is 20.3 Å². The predicted molar refractivity (Wildman–Crippen MR) is 39.9 cm³/mol. The highest BCUT2D eigenvalue weighted by Gasteiger charge is 2.41. The Hall–Kier alpha value is -0.990. The van der Waals surface area contributed by atoms with Gasteiger partial charge in [0.2, 0.25) is 5.60 Å². The van der Waals surface area contributed by atoms with Gasteiger partial charge in [0.05, 0.1) is 12.9 Å². The Morgan fingerprint density at radius 1 is 1.73 bits per heavy atom. The molecule has 1 aliphatic heterocycles. The average Bonchev–Trinajstić information content (AvgIpc) is 2.30. The van der Waals surface area contributed by atoms with Crippen molar-refractivity contribution < 1.29 is 14.3 Å². The summed E-state index contributed by atoms with van der Waals surface area (Å²) in [6, 6.07) is 0. The van der Waals surface area contributed by atoms with Crippen molar-refractivity contribution in [2.24, 2.45) is 0 Å². The van der Waals surface area contributed by atoms with Crippen LogP contribution in [0.15, 0.2) is 12.3 Å². The van der Waals surface area contributed by atoms with Gasteiger partial charge in [0.15, 0.2) is 0 Å². The third-order valence-electron chi connectivity index (χ3n) is 1.71. The molecule has 0 radical (unpaired) electrons. The largest absolute Gasteiger partial charge is 0.484 e. The molecular weight excluding hydrogens is 144 g/mol. The lowest BCUT2D eigenvalue weighted by Gasteiger charge is -2.17. The molecule has 1 atom stereocenters. The van der Waals surface area contributed by atoms with Gasteiger partial charge in [-0.15, -0.1) is 0 Å². The van der Waals surface area contributed by atoms with Crippen molar-refractivity contribution in [3.05, 3.63) is 12.3 Å². The summed E-state index contributed by atoms with van der Waals surface area (Å²) in [5, 5.41) is 0. The molecule has 1 fully saturated rings. The van der Waals surface area contributed by atoms with Crippen molar-refractivity contribution in [1.29, 1.82) is 0 Å². The van der Waals surface area contributed by atoms with E-state index in [9.17, 15) is 4.79 Å². The standard InChI is InChI=1S/C8H12O3/c1-3-5-11-8(2)4-6-10-7(8)9/h3,5H,4,6H2,1-2H3. The Morgan fingerprint density at radius 3 is 2.91 bits per heavy atom. The average molecular weight is 156 g/mol. The minimum Gasteiger partial charge on any atom is -0.484 e. The van der Waals surface area contributed by atoms with Crippen molar-refractivity contribution in [2.75, 3.05) is 6.61 Å². The van der Waals surface area contributed by atoms with Crippen LogP contribution in [-0.4, -0.2) is 18.2 Å². The van der Waals surface area contributed by atoms with Crippen LogP contribution in [0, 0.1) is 0 Å². The van der Waals surface area contributed by atoms with Crippen LogP contribution in [0.2, 0.25) is 0 Å². The number of carbonyl (C=O) groups excluding carboxylic acids is 1. The zero-order valence-corrected chi connectivity index (χ0v) is 6.79. The van der Waals surface area contributed by atoms with Crippen molar-refractivity contribution in [3.8, 4) is 0 Å². The van der Waals surface area contributed by atoms with Crippen LogP contribution >= 0.6 is 0 Å². The molecule has 0 aromatic heterocycles. The van der Waals surface area contributed by atoms with Crippen molar-refractivity contribution in [1.82, 2.24) is 0 Å². The quantitative estimate of drug-likeness (QED) is 0.445. The molecule has 0 aliphatic carbocycles. The third kappa shape index (κ3) is 1.53. The number of hydrogen-bond acceptors (Lipinski definition) is 3. The number of allylic oxidation sites excluding steroid dienone is 1. The molecule has 3 nitrogen and oxygen atoms in total. The molecule has 0 aromatic carbocycles. The molecule has 3 heteroatoms. The molecule has 1 saturated heterocycles. The molecule has 11 heavy (non-hydrogen) atoms. The second kappa shape index (κ2) is 2.95. The first kappa shape index (κ1) is 8.11. The molecular formula is C8H12O3. The fraction of sp³-hybridized carbons (Fsp3) is 0.625. The maximum absolute atomic E-state index is 11.0. The second-order valence-electron chi connectivity index (χ2n) is 2.70. The summed E-state index contributed by atoms with van der Waals surface area (Å²) < 4.78 is 9.96. The van der Waals surface area contributed by atoms with Gasteiger partial charge in [0.25, 0.3) is 0 Å². The van der Waals surface area contributed by atoms with E-state index in [4.69, 9.17) is 9.47 Å². The van der Waals surface area contributed by atoms with E-state index in [0.717, 1.165) is 0 Å². The smallest absolute Gasteiger partial charge is 0.350 e. The first-order valence-electron chi connectivity index (χ1n) is 3.65. The fourth-order valence-electron chi connectivity index (χ4n) is 0.918. The lowest BCUT2D eigenvalue weighted by Crippen LogP contribution is -2.31. The summed E-state index contributed by atoms with van der Waals surface area (Å²) in [6.07, 6.45) is 3.90. The summed E-state index contributed by atoms with van der Waals surface area (Å²) in [7, 11) is 0. The molecule has 1 unspecified atom stereocenters. The van der Waals surface area contributed by atoms with Crippen molar-refractivity contribution in [3.63, 3.8) is 0 Å². The number of hydrogen-bond donors (Lipinski definition) is 0. The van der Waals surface area contributed by atoms with Gasteiger partial charge in [-0.25, -0.2) is 4.79 Å². The Labute approximate surface area is 66.0 Å². The normalized spacial score (nSPS) is 30.9. The van der Waals surface area contributed by atoms with E-state index >= 15 is 0 Å². The van der Waals surface area contributed by atoms with Gasteiger partial charge in [-0.05, 0) is 13.8 Å². The summed E-state index contributed by atoms with van der Waals surface area (Å²) in [5.74, 6) is -0.268. The highest BCUT2D eigenvalue weighted by atomic mass is 16.6. The minimum atomic E-state index is -0.744. The van der Waals surface area contributed by atoms with Crippen LogP contribution in [0.4, 0.5) is 0 Å². The highest BCUT2D eigenvalue weighted by Crippen LogP contribution is 2.23. The van der Waals surface area contributed by atoms with Gasteiger partial charge >= 0.3 is 5.97 Å². The summed E-state index contributed by atoms with van der Waals surface area (Å²) in [5.41, 5.74) is -0.744. The van der Waals surface area contributed by atoms with Crippen LogP contribution in [0.3, 0.4) is 0 Å². The number of ether oxygens (including phenoxy) is 2. The topological polar surface area (TPSA) is 35.5 Å². The van der Waals surface area contributed by atoms with E-state index in [0.29, 0.717) is 13.0 Å². The summed E-state index contributed by atoms with van der Waals surface area (Å²) in [4.78, 5) is 11.0. The van der Waals surface area contributed by atoms with Gasteiger partial charge in [0.1, 0.15) is 0 Å². The van der Waals surface area contributed by atoms with Crippen LogP contribution in [0.25, 0.3) is 0 Å². The second-order valence-corrected chi connectivity index (χ2v) is 2.70. The number of esters is 1. The third-order valence-corrected chi connectivity index (χ3v) is 1.71. The molecule has 0 spiro atoms. The molecule has 1 aliphatic rings. The van der Waals surface area contributed by atoms with Gasteiger partial charge in [0, 0.05) is 6.42 Å². The Bertz CT molecular complexity index is 186. The van der Waals surface area contributed by atoms with Gasteiger partial charge in [-0.2, -0.15) is 0 Å². The molecule has 62 valence electrons. The van der Waals surface area contributed by atoms with Gasteiger partial charge < -0.3 is 9.47 Å². The van der Waals surface area contributed by atoms with Crippen LogP contribution < -0.4 is 0 Å². The zero-order chi connectivity index (χ0) is 8.32. The minimum absolute atomic E-state index is 0.268. The van der Waals surface area contributed by atoms with E-state index in [2.05, 4.69) is 0 Å². The van der Waals surface area contributed by atoms with E-state index < -0.39 is 5.60 Å². The first-order chi connectivity index (χ1) is 5.19. The summed E-state index contributed by atoms with van der Waals surface area (Å²) in [6.45, 7) is 4.04. The molecule has 1 rings (SSSR count). The molecule has 0 bridgehead atoms.